The number of rotatable bonds is 8. The Morgan fingerprint density at radius 3 is 2.42 bits per heavy atom. The molecule has 1 aromatic carbocycles. The topological polar surface area (TPSA) is 50.3 Å². The van der Waals surface area contributed by atoms with E-state index in [0.29, 0.717) is 10.8 Å². The van der Waals surface area contributed by atoms with E-state index in [2.05, 4.69) is 34.0 Å². The van der Waals surface area contributed by atoms with Crippen LogP contribution in [0.5, 0.6) is 5.75 Å². The van der Waals surface area contributed by atoms with Crippen LogP contribution in [0.4, 0.5) is 17.5 Å². The molecule has 0 aliphatic carbocycles. The van der Waals surface area contributed by atoms with Crippen LogP contribution >= 0.6 is 11.6 Å². The highest BCUT2D eigenvalue weighted by Gasteiger charge is 2.11. The van der Waals surface area contributed by atoms with Crippen molar-refractivity contribution in [1.29, 1.82) is 0 Å². The summed E-state index contributed by atoms with van der Waals surface area (Å²) in [6.07, 6.45) is 2.13. The molecule has 24 heavy (non-hydrogen) atoms. The fraction of sp³-hybridized carbons (Fsp3) is 0.444. The molecule has 130 valence electrons. The minimum absolute atomic E-state index is 0.562. The number of nitrogens with zero attached hydrogens (tertiary/aromatic N) is 3. The van der Waals surface area contributed by atoms with Gasteiger partial charge in [-0.15, -0.1) is 0 Å². The van der Waals surface area contributed by atoms with Gasteiger partial charge in [-0.1, -0.05) is 25.4 Å². The van der Waals surface area contributed by atoms with Crippen LogP contribution < -0.4 is 15.0 Å². The Balaban J connectivity index is 2.25. The molecule has 0 aliphatic rings. The van der Waals surface area contributed by atoms with Gasteiger partial charge in [0.1, 0.15) is 11.6 Å². The fourth-order valence-corrected chi connectivity index (χ4v) is 2.76. The molecule has 0 amide bonds. The third kappa shape index (κ3) is 4.74. The van der Waals surface area contributed by atoms with Gasteiger partial charge in [0.2, 0.25) is 5.95 Å². The molecular weight excluding hydrogens is 324 g/mol. The summed E-state index contributed by atoms with van der Waals surface area (Å²) in [7, 11) is 1.60. The van der Waals surface area contributed by atoms with Crippen molar-refractivity contribution < 1.29 is 4.74 Å². The second-order valence-electron chi connectivity index (χ2n) is 5.66. The molecule has 0 spiro atoms. The second kappa shape index (κ2) is 8.73. The molecule has 0 aliphatic heterocycles. The standard InChI is InChI=1S/C18H25ClN4O/c1-5-9-23(10-6-2)18-20-13(3)11-17(22-18)21-14-7-8-16(24-4)15(19)12-14/h7-8,11-12H,5-6,9-10H2,1-4H3,(H,20,21,22). The summed E-state index contributed by atoms with van der Waals surface area (Å²) in [6, 6.07) is 7.50. The Bertz CT molecular complexity index is 672. The third-order valence-electron chi connectivity index (χ3n) is 3.54. The SMILES string of the molecule is CCCN(CCC)c1nc(C)cc(Nc2ccc(OC)c(Cl)c2)n1. The summed E-state index contributed by atoms with van der Waals surface area (Å²) in [4.78, 5) is 11.5. The molecule has 2 rings (SSSR count). The van der Waals surface area contributed by atoms with Crippen molar-refractivity contribution in [2.45, 2.75) is 33.6 Å². The van der Waals surface area contributed by atoms with Crippen LogP contribution in [0, 0.1) is 6.92 Å². The molecular formula is C18H25ClN4O. The number of halogens is 1. The zero-order valence-corrected chi connectivity index (χ0v) is 15.5. The number of aromatic nitrogens is 2. The molecule has 0 radical (unpaired) electrons. The first-order valence-corrected chi connectivity index (χ1v) is 8.66. The minimum atomic E-state index is 0.562. The van der Waals surface area contributed by atoms with E-state index in [1.807, 2.05) is 31.2 Å². The monoisotopic (exact) mass is 348 g/mol. The summed E-state index contributed by atoms with van der Waals surface area (Å²) in [6.45, 7) is 8.21. The van der Waals surface area contributed by atoms with E-state index in [1.165, 1.54) is 0 Å². The molecule has 5 nitrogen and oxygen atoms in total. The number of nitrogens with one attached hydrogen (secondary N) is 1. The summed E-state index contributed by atoms with van der Waals surface area (Å²) in [5.41, 5.74) is 1.79. The first-order chi connectivity index (χ1) is 11.6. The number of hydrogen-bond donors (Lipinski definition) is 1. The van der Waals surface area contributed by atoms with Gasteiger partial charge in [-0.25, -0.2) is 4.98 Å². The fourth-order valence-electron chi connectivity index (χ4n) is 2.50. The lowest BCUT2D eigenvalue weighted by Gasteiger charge is -2.22. The number of hydrogen-bond acceptors (Lipinski definition) is 5. The lowest BCUT2D eigenvalue weighted by atomic mass is 10.3. The van der Waals surface area contributed by atoms with Crippen molar-refractivity contribution in [3.8, 4) is 5.75 Å². The molecule has 1 aromatic heterocycles. The molecule has 1 N–H and O–H groups in total. The van der Waals surface area contributed by atoms with Crippen LogP contribution in [0.15, 0.2) is 24.3 Å². The van der Waals surface area contributed by atoms with E-state index < -0.39 is 0 Å². The van der Waals surface area contributed by atoms with Crippen molar-refractivity contribution in [2.24, 2.45) is 0 Å². The molecule has 0 fully saturated rings. The zero-order valence-electron chi connectivity index (χ0n) is 14.8. The summed E-state index contributed by atoms with van der Waals surface area (Å²) < 4.78 is 5.18. The largest absolute Gasteiger partial charge is 0.495 e. The molecule has 0 bridgehead atoms. The Morgan fingerprint density at radius 1 is 1.12 bits per heavy atom. The van der Waals surface area contributed by atoms with Crippen molar-refractivity contribution in [2.75, 3.05) is 30.4 Å². The summed E-state index contributed by atoms with van der Waals surface area (Å²) >= 11 is 6.19. The highest BCUT2D eigenvalue weighted by Crippen LogP contribution is 2.28. The predicted octanol–water partition coefficient (Wildman–Crippen LogP) is 4.82. The zero-order chi connectivity index (χ0) is 17.5. The van der Waals surface area contributed by atoms with E-state index in [-0.39, 0.29) is 0 Å². The molecule has 0 saturated heterocycles. The van der Waals surface area contributed by atoms with Gasteiger partial charge < -0.3 is 15.0 Å². The van der Waals surface area contributed by atoms with E-state index in [1.54, 1.807) is 7.11 Å². The van der Waals surface area contributed by atoms with Crippen molar-refractivity contribution >= 4 is 29.1 Å². The van der Waals surface area contributed by atoms with E-state index >= 15 is 0 Å². The molecule has 0 saturated carbocycles. The van der Waals surface area contributed by atoms with Gasteiger partial charge in [0.05, 0.1) is 12.1 Å². The maximum absolute atomic E-state index is 6.19. The quantitative estimate of drug-likeness (QED) is 0.741. The molecule has 0 atom stereocenters. The Hall–Kier alpha value is -2.01. The number of aryl methyl sites for hydroxylation is 1. The van der Waals surface area contributed by atoms with Crippen LogP contribution in [0.1, 0.15) is 32.4 Å². The first kappa shape index (κ1) is 18.3. The molecule has 1 heterocycles. The van der Waals surface area contributed by atoms with Gasteiger partial charge in [0.25, 0.3) is 0 Å². The maximum Gasteiger partial charge on any atom is 0.227 e. The maximum atomic E-state index is 6.19. The van der Waals surface area contributed by atoms with E-state index in [9.17, 15) is 0 Å². The molecule has 2 aromatic rings. The van der Waals surface area contributed by atoms with E-state index in [4.69, 9.17) is 16.3 Å². The van der Waals surface area contributed by atoms with Crippen LogP contribution in [0.2, 0.25) is 5.02 Å². The second-order valence-corrected chi connectivity index (χ2v) is 6.06. The number of methoxy groups -OCH3 is 1. The predicted molar refractivity (Wildman–Crippen MR) is 101 cm³/mol. The lowest BCUT2D eigenvalue weighted by molar-refractivity contribution is 0.415. The smallest absolute Gasteiger partial charge is 0.227 e. The summed E-state index contributed by atoms with van der Waals surface area (Å²) in [5.74, 6) is 2.18. The Morgan fingerprint density at radius 2 is 1.83 bits per heavy atom. The van der Waals surface area contributed by atoms with Gasteiger partial charge in [0.15, 0.2) is 0 Å². The van der Waals surface area contributed by atoms with Gasteiger partial charge in [-0.3, -0.25) is 0 Å². The average Bonchev–Trinajstić information content (AvgIpc) is 2.54. The minimum Gasteiger partial charge on any atom is -0.495 e. The van der Waals surface area contributed by atoms with Crippen LogP contribution in [-0.2, 0) is 0 Å². The van der Waals surface area contributed by atoms with Crippen LogP contribution in [-0.4, -0.2) is 30.2 Å². The van der Waals surface area contributed by atoms with Gasteiger partial charge in [0, 0.05) is 30.5 Å². The highest BCUT2D eigenvalue weighted by atomic mass is 35.5. The summed E-state index contributed by atoms with van der Waals surface area (Å²) in [5, 5.41) is 3.86. The van der Waals surface area contributed by atoms with Gasteiger partial charge in [-0.05, 0) is 38.0 Å². The van der Waals surface area contributed by atoms with Crippen molar-refractivity contribution in [3.05, 3.63) is 35.0 Å². The first-order valence-electron chi connectivity index (χ1n) is 8.28. The van der Waals surface area contributed by atoms with Crippen LogP contribution in [0.25, 0.3) is 0 Å². The van der Waals surface area contributed by atoms with Crippen molar-refractivity contribution in [1.82, 2.24) is 9.97 Å². The molecule has 0 unspecified atom stereocenters. The third-order valence-corrected chi connectivity index (χ3v) is 3.83. The average molecular weight is 349 g/mol. The number of ether oxygens (including phenoxy) is 1. The van der Waals surface area contributed by atoms with Crippen molar-refractivity contribution in [3.63, 3.8) is 0 Å². The van der Waals surface area contributed by atoms with Crippen LogP contribution in [0.3, 0.4) is 0 Å². The van der Waals surface area contributed by atoms with Gasteiger partial charge >= 0.3 is 0 Å². The lowest BCUT2D eigenvalue weighted by Crippen LogP contribution is -2.27. The normalized spacial score (nSPS) is 10.5. The number of benzene rings is 1. The highest BCUT2D eigenvalue weighted by molar-refractivity contribution is 6.32. The van der Waals surface area contributed by atoms with Gasteiger partial charge in [-0.2, -0.15) is 4.98 Å². The number of anilines is 3. The Labute approximate surface area is 149 Å². The Kier molecular flexibility index (Phi) is 6.67. The van der Waals surface area contributed by atoms with E-state index in [0.717, 1.165) is 49.1 Å². The molecule has 6 heteroatoms.